The topological polar surface area (TPSA) is 65.2 Å². The molecule has 6 heteroatoms. The van der Waals surface area contributed by atoms with Crippen molar-refractivity contribution in [1.82, 2.24) is 10.2 Å². The highest BCUT2D eigenvalue weighted by Crippen LogP contribution is 2.20. The third-order valence-corrected chi connectivity index (χ3v) is 2.27. The monoisotopic (exact) mass is 282 g/mol. The van der Waals surface area contributed by atoms with Crippen LogP contribution in [0.25, 0.3) is 11.5 Å². The highest BCUT2D eigenvalue weighted by Gasteiger charge is 2.08. The summed E-state index contributed by atoms with van der Waals surface area (Å²) in [5, 5.41) is 7.48. The SMILES string of the molecule is COC(=O)c1ccc(-c2nnc(Br)o2)cc1. The van der Waals surface area contributed by atoms with E-state index < -0.39 is 0 Å². The van der Waals surface area contributed by atoms with Gasteiger partial charge in [0.25, 0.3) is 4.80 Å². The normalized spacial score (nSPS) is 10.1. The number of esters is 1. The van der Waals surface area contributed by atoms with Gasteiger partial charge in [0.15, 0.2) is 0 Å². The number of nitrogens with zero attached hydrogens (tertiary/aromatic N) is 2. The van der Waals surface area contributed by atoms with Crippen LogP contribution >= 0.6 is 15.9 Å². The molecule has 0 aliphatic rings. The number of rotatable bonds is 2. The fourth-order valence-electron chi connectivity index (χ4n) is 1.19. The first-order valence-electron chi connectivity index (χ1n) is 4.38. The predicted molar refractivity (Wildman–Crippen MR) is 58.8 cm³/mol. The minimum atomic E-state index is -0.377. The molecular formula is C10H7BrN2O3. The highest BCUT2D eigenvalue weighted by molar-refractivity contribution is 9.10. The lowest BCUT2D eigenvalue weighted by Crippen LogP contribution is -2.00. The molecule has 0 spiro atoms. The van der Waals surface area contributed by atoms with Gasteiger partial charge in [-0.2, -0.15) is 0 Å². The number of carbonyl (C=O) groups excluding carboxylic acids is 1. The van der Waals surface area contributed by atoms with E-state index in [9.17, 15) is 4.79 Å². The first-order valence-corrected chi connectivity index (χ1v) is 5.18. The van der Waals surface area contributed by atoms with Gasteiger partial charge in [-0.1, -0.05) is 0 Å². The zero-order valence-corrected chi connectivity index (χ0v) is 9.89. The first-order chi connectivity index (χ1) is 7.70. The van der Waals surface area contributed by atoms with E-state index in [1.807, 2.05) is 0 Å². The average molecular weight is 283 g/mol. The molecule has 0 aliphatic carbocycles. The molecule has 2 rings (SSSR count). The minimum Gasteiger partial charge on any atom is -0.465 e. The van der Waals surface area contributed by atoms with Crippen LogP contribution in [0.1, 0.15) is 10.4 Å². The van der Waals surface area contributed by atoms with Crippen LogP contribution < -0.4 is 0 Å². The largest absolute Gasteiger partial charge is 0.465 e. The molecule has 1 heterocycles. The summed E-state index contributed by atoms with van der Waals surface area (Å²) < 4.78 is 9.76. The van der Waals surface area contributed by atoms with Gasteiger partial charge < -0.3 is 9.15 Å². The van der Waals surface area contributed by atoms with Gasteiger partial charge in [-0.05, 0) is 24.3 Å². The van der Waals surface area contributed by atoms with Gasteiger partial charge in [-0.25, -0.2) is 4.79 Å². The average Bonchev–Trinajstić information content (AvgIpc) is 2.75. The summed E-state index contributed by atoms with van der Waals surface area (Å²) in [5.74, 6) is 0.0153. The van der Waals surface area contributed by atoms with Gasteiger partial charge in [0.1, 0.15) is 0 Å². The van der Waals surface area contributed by atoms with Crippen LogP contribution in [0.3, 0.4) is 0 Å². The van der Waals surface area contributed by atoms with E-state index in [4.69, 9.17) is 4.42 Å². The second-order valence-corrected chi connectivity index (χ2v) is 3.61. The molecule has 0 unspecified atom stereocenters. The molecule has 1 aromatic carbocycles. The van der Waals surface area contributed by atoms with Crippen molar-refractivity contribution >= 4 is 21.9 Å². The number of halogens is 1. The van der Waals surface area contributed by atoms with Gasteiger partial charge >= 0.3 is 5.97 Å². The van der Waals surface area contributed by atoms with Crippen molar-refractivity contribution < 1.29 is 13.9 Å². The fraction of sp³-hybridized carbons (Fsp3) is 0.100. The minimum absolute atomic E-state index is 0.319. The van der Waals surface area contributed by atoms with E-state index in [1.165, 1.54) is 7.11 Å². The Morgan fingerprint density at radius 2 is 2.00 bits per heavy atom. The van der Waals surface area contributed by atoms with Crippen LogP contribution in [0.15, 0.2) is 33.5 Å². The predicted octanol–water partition coefficient (Wildman–Crippen LogP) is 2.29. The van der Waals surface area contributed by atoms with E-state index in [2.05, 4.69) is 30.9 Å². The molecule has 0 atom stereocenters. The third-order valence-electron chi connectivity index (χ3n) is 1.95. The molecule has 0 aliphatic heterocycles. The number of hydrogen-bond donors (Lipinski definition) is 0. The van der Waals surface area contributed by atoms with E-state index in [0.29, 0.717) is 16.3 Å². The molecule has 0 N–H and O–H groups in total. The Hall–Kier alpha value is -1.69. The number of hydrogen-bond acceptors (Lipinski definition) is 5. The maximum Gasteiger partial charge on any atom is 0.337 e. The summed E-state index contributed by atoms with van der Waals surface area (Å²) in [5.41, 5.74) is 1.22. The molecule has 16 heavy (non-hydrogen) atoms. The third kappa shape index (κ3) is 2.11. The summed E-state index contributed by atoms with van der Waals surface area (Å²) in [6.07, 6.45) is 0. The van der Waals surface area contributed by atoms with Crippen LogP contribution in [-0.2, 0) is 4.74 Å². The number of ether oxygens (including phenoxy) is 1. The number of carbonyl (C=O) groups is 1. The van der Waals surface area contributed by atoms with Gasteiger partial charge in [0, 0.05) is 21.5 Å². The highest BCUT2D eigenvalue weighted by atomic mass is 79.9. The van der Waals surface area contributed by atoms with Crippen LogP contribution in [0, 0.1) is 0 Å². The molecule has 5 nitrogen and oxygen atoms in total. The Balaban J connectivity index is 2.29. The van der Waals surface area contributed by atoms with Crippen LogP contribution in [0.5, 0.6) is 0 Å². The molecule has 0 bridgehead atoms. The van der Waals surface area contributed by atoms with Gasteiger partial charge in [0.05, 0.1) is 12.7 Å². The van der Waals surface area contributed by atoms with E-state index in [0.717, 1.165) is 5.56 Å². The van der Waals surface area contributed by atoms with Crippen molar-refractivity contribution in [3.05, 3.63) is 34.6 Å². The number of benzene rings is 1. The van der Waals surface area contributed by atoms with Crippen LogP contribution in [0.2, 0.25) is 0 Å². The molecule has 2 aromatic rings. The van der Waals surface area contributed by atoms with E-state index in [-0.39, 0.29) is 5.97 Å². The summed E-state index contributed by atoms with van der Waals surface area (Å²) in [7, 11) is 1.34. The quantitative estimate of drug-likeness (QED) is 0.791. The molecule has 0 saturated carbocycles. The lowest BCUT2D eigenvalue weighted by molar-refractivity contribution is 0.0601. The van der Waals surface area contributed by atoms with Crippen molar-refractivity contribution in [1.29, 1.82) is 0 Å². The van der Waals surface area contributed by atoms with E-state index >= 15 is 0 Å². The summed E-state index contributed by atoms with van der Waals surface area (Å²) in [4.78, 5) is 11.5. The Morgan fingerprint density at radius 1 is 1.31 bits per heavy atom. The second kappa shape index (κ2) is 4.44. The maximum absolute atomic E-state index is 11.2. The van der Waals surface area contributed by atoms with Crippen LogP contribution in [-0.4, -0.2) is 23.3 Å². The number of aromatic nitrogens is 2. The van der Waals surface area contributed by atoms with Crippen molar-refractivity contribution in [2.24, 2.45) is 0 Å². The van der Waals surface area contributed by atoms with Gasteiger partial charge in [0.2, 0.25) is 5.89 Å². The Labute approximate surface area is 99.6 Å². The Kier molecular flexibility index (Phi) is 3.00. The van der Waals surface area contributed by atoms with Crippen molar-refractivity contribution in [3.63, 3.8) is 0 Å². The van der Waals surface area contributed by atoms with E-state index in [1.54, 1.807) is 24.3 Å². The van der Waals surface area contributed by atoms with Crippen LogP contribution in [0.4, 0.5) is 0 Å². The fourth-order valence-corrected chi connectivity index (χ4v) is 1.42. The van der Waals surface area contributed by atoms with Crippen molar-refractivity contribution in [2.75, 3.05) is 7.11 Å². The van der Waals surface area contributed by atoms with Crippen molar-refractivity contribution in [3.8, 4) is 11.5 Å². The molecular weight excluding hydrogens is 276 g/mol. The number of methoxy groups -OCH3 is 1. The Bertz CT molecular complexity index is 507. The standard InChI is InChI=1S/C10H7BrN2O3/c1-15-9(14)7-4-2-6(3-5-7)8-12-13-10(11)16-8/h2-5H,1H3. The zero-order valence-electron chi connectivity index (χ0n) is 8.31. The second-order valence-electron chi connectivity index (χ2n) is 2.93. The summed E-state index contributed by atoms with van der Waals surface area (Å²) >= 11 is 3.06. The Morgan fingerprint density at radius 3 is 2.50 bits per heavy atom. The molecule has 1 aromatic heterocycles. The summed E-state index contributed by atoms with van der Waals surface area (Å²) in [6.45, 7) is 0. The zero-order chi connectivity index (χ0) is 11.5. The lowest BCUT2D eigenvalue weighted by Gasteiger charge is -1.99. The van der Waals surface area contributed by atoms with Crippen molar-refractivity contribution in [2.45, 2.75) is 0 Å². The smallest absolute Gasteiger partial charge is 0.337 e. The first kappa shape index (κ1) is 10.8. The van der Waals surface area contributed by atoms with Gasteiger partial charge in [-0.3, -0.25) is 0 Å². The summed E-state index contributed by atoms with van der Waals surface area (Å²) in [6, 6.07) is 6.71. The molecule has 0 amide bonds. The molecule has 82 valence electrons. The van der Waals surface area contributed by atoms with Gasteiger partial charge in [-0.15, -0.1) is 10.2 Å². The molecule has 0 saturated heterocycles. The molecule has 0 fully saturated rings. The maximum atomic E-state index is 11.2. The molecule has 0 radical (unpaired) electrons. The lowest BCUT2D eigenvalue weighted by atomic mass is 10.1.